The van der Waals surface area contributed by atoms with E-state index in [0.717, 1.165) is 11.3 Å². The van der Waals surface area contributed by atoms with Crippen molar-refractivity contribution in [3.63, 3.8) is 0 Å². The summed E-state index contributed by atoms with van der Waals surface area (Å²) in [6.45, 7) is 0.331. The zero-order valence-electron chi connectivity index (χ0n) is 18.0. The Morgan fingerprint density at radius 1 is 1.12 bits per heavy atom. The second-order valence-corrected chi connectivity index (χ2v) is 9.32. The van der Waals surface area contributed by atoms with Gasteiger partial charge in [-0.05, 0) is 59.7 Å². The van der Waals surface area contributed by atoms with Crippen LogP contribution in [0, 0.1) is 0 Å². The van der Waals surface area contributed by atoms with Crippen molar-refractivity contribution in [1.29, 1.82) is 0 Å². The summed E-state index contributed by atoms with van der Waals surface area (Å²) in [4.78, 5) is 26.1. The maximum absolute atomic E-state index is 13.2. The third kappa shape index (κ3) is 4.84. The number of hydrogen-bond donors (Lipinski definition) is 1. The standard InChI is InChI=1S/C25H21ClN2O4S/c1-28-22-11-8-18(25(30)27-15-16-6-9-20(32-2)10-7-16)14-21(22)24(29)23(33(28)31)13-17-4-3-5-19(26)12-17/h3-14H,15H2,1-2H3,(H,27,30)/b23-13-. The topological polar surface area (TPSA) is 75.7 Å². The molecule has 0 radical (unpaired) electrons. The molecule has 1 amide bonds. The fourth-order valence-electron chi connectivity index (χ4n) is 3.47. The monoisotopic (exact) mass is 480 g/mol. The molecule has 168 valence electrons. The first-order valence-electron chi connectivity index (χ1n) is 10.1. The highest BCUT2D eigenvalue weighted by molar-refractivity contribution is 7.91. The fourth-order valence-corrected chi connectivity index (χ4v) is 4.81. The molecule has 0 spiro atoms. The summed E-state index contributed by atoms with van der Waals surface area (Å²) < 4.78 is 19.6. The minimum absolute atomic E-state index is 0.128. The summed E-state index contributed by atoms with van der Waals surface area (Å²) >= 11 is 6.04. The van der Waals surface area contributed by atoms with E-state index in [9.17, 15) is 13.8 Å². The average Bonchev–Trinajstić information content (AvgIpc) is 2.83. The van der Waals surface area contributed by atoms with Crippen molar-refractivity contribution in [2.75, 3.05) is 18.5 Å². The number of anilines is 1. The van der Waals surface area contributed by atoms with Crippen molar-refractivity contribution in [3.05, 3.63) is 98.9 Å². The Balaban J connectivity index is 1.59. The molecule has 1 atom stereocenters. The quantitative estimate of drug-likeness (QED) is 0.541. The lowest BCUT2D eigenvalue weighted by Crippen LogP contribution is -2.32. The van der Waals surface area contributed by atoms with E-state index < -0.39 is 11.0 Å². The summed E-state index contributed by atoms with van der Waals surface area (Å²) in [5.41, 5.74) is 2.76. The number of allylic oxidation sites excluding steroid dienone is 1. The number of methoxy groups -OCH3 is 1. The molecule has 0 saturated carbocycles. The Bertz CT molecular complexity index is 1290. The Morgan fingerprint density at radius 2 is 1.88 bits per heavy atom. The number of fused-ring (bicyclic) bond motifs is 1. The van der Waals surface area contributed by atoms with Crippen LogP contribution in [0.2, 0.25) is 5.02 Å². The Hall–Kier alpha value is -3.42. The van der Waals surface area contributed by atoms with Crippen molar-refractivity contribution >= 4 is 46.0 Å². The minimum atomic E-state index is -1.68. The summed E-state index contributed by atoms with van der Waals surface area (Å²) in [7, 11) is 1.56. The molecule has 6 nitrogen and oxygen atoms in total. The van der Waals surface area contributed by atoms with Crippen LogP contribution in [0.25, 0.3) is 6.08 Å². The van der Waals surface area contributed by atoms with Gasteiger partial charge in [0.2, 0.25) is 5.78 Å². The van der Waals surface area contributed by atoms with E-state index >= 15 is 0 Å². The van der Waals surface area contributed by atoms with Crippen LogP contribution in [0.3, 0.4) is 0 Å². The number of ketones is 1. The first-order chi connectivity index (χ1) is 15.9. The zero-order valence-corrected chi connectivity index (χ0v) is 19.6. The van der Waals surface area contributed by atoms with E-state index in [1.807, 2.05) is 24.3 Å². The Morgan fingerprint density at radius 3 is 2.58 bits per heavy atom. The molecule has 0 fully saturated rings. The van der Waals surface area contributed by atoms with E-state index in [1.54, 1.807) is 62.7 Å². The van der Waals surface area contributed by atoms with E-state index in [0.29, 0.717) is 33.9 Å². The van der Waals surface area contributed by atoms with Gasteiger partial charge in [0.1, 0.15) is 10.7 Å². The highest BCUT2D eigenvalue weighted by Gasteiger charge is 2.32. The first kappa shape index (κ1) is 22.8. The molecule has 33 heavy (non-hydrogen) atoms. The predicted octanol–water partition coefficient (Wildman–Crippen LogP) is 4.62. The third-order valence-corrected chi connectivity index (χ3v) is 6.87. The maximum Gasteiger partial charge on any atom is 0.251 e. The number of rotatable bonds is 5. The lowest BCUT2D eigenvalue weighted by molar-refractivity contribution is 0.0951. The first-order valence-corrected chi connectivity index (χ1v) is 11.6. The van der Waals surface area contributed by atoms with Crippen LogP contribution in [-0.2, 0) is 17.5 Å². The second kappa shape index (κ2) is 9.60. The molecule has 0 saturated heterocycles. The van der Waals surface area contributed by atoms with E-state index in [1.165, 1.54) is 4.31 Å². The highest BCUT2D eigenvalue weighted by Crippen LogP contribution is 2.33. The Kier molecular flexibility index (Phi) is 6.62. The molecular weight excluding hydrogens is 460 g/mol. The van der Waals surface area contributed by atoms with Gasteiger partial charge < -0.3 is 10.1 Å². The lowest BCUT2D eigenvalue weighted by atomic mass is 10.0. The predicted molar refractivity (Wildman–Crippen MR) is 131 cm³/mol. The molecule has 0 aliphatic carbocycles. The van der Waals surface area contributed by atoms with Crippen molar-refractivity contribution in [2.24, 2.45) is 0 Å². The number of amides is 1. The maximum atomic E-state index is 13.2. The third-order valence-electron chi connectivity index (χ3n) is 5.26. The van der Waals surface area contributed by atoms with Gasteiger partial charge in [-0.3, -0.25) is 13.9 Å². The van der Waals surface area contributed by atoms with Crippen molar-refractivity contribution in [3.8, 4) is 5.75 Å². The number of nitrogens with one attached hydrogen (secondary N) is 1. The fraction of sp³-hybridized carbons (Fsp3) is 0.120. The molecule has 1 unspecified atom stereocenters. The lowest BCUT2D eigenvalue weighted by Gasteiger charge is -2.27. The van der Waals surface area contributed by atoms with Gasteiger partial charge in [0, 0.05) is 29.7 Å². The number of nitrogens with zero attached hydrogens (tertiary/aromatic N) is 1. The van der Waals surface area contributed by atoms with Crippen molar-refractivity contribution < 1.29 is 18.5 Å². The van der Waals surface area contributed by atoms with Gasteiger partial charge in [0.05, 0.1) is 12.8 Å². The summed E-state index contributed by atoms with van der Waals surface area (Å²) in [6.07, 6.45) is 1.57. The molecule has 0 bridgehead atoms. The number of Topliss-reactive ketones (excluding diaryl/α,β-unsaturated/α-hetero) is 1. The number of carbonyl (C=O) groups is 2. The van der Waals surface area contributed by atoms with E-state index in [4.69, 9.17) is 16.3 Å². The van der Waals surface area contributed by atoms with Crippen LogP contribution in [0.4, 0.5) is 5.69 Å². The van der Waals surface area contributed by atoms with Gasteiger partial charge in [0.15, 0.2) is 11.0 Å². The van der Waals surface area contributed by atoms with E-state index in [2.05, 4.69) is 5.32 Å². The number of ether oxygens (including phenoxy) is 1. The minimum Gasteiger partial charge on any atom is -0.497 e. The largest absolute Gasteiger partial charge is 0.497 e. The van der Waals surface area contributed by atoms with Gasteiger partial charge in [-0.15, -0.1) is 0 Å². The highest BCUT2D eigenvalue weighted by atomic mass is 35.5. The second-order valence-electron chi connectivity index (χ2n) is 7.40. The molecule has 4 rings (SSSR count). The smallest absolute Gasteiger partial charge is 0.251 e. The van der Waals surface area contributed by atoms with Gasteiger partial charge in [-0.25, -0.2) is 4.21 Å². The summed E-state index contributed by atoms with van der Waals surface area (Å²) in [5, 5.41) is 3.37. The number of benzene rings is 3. The van der Waals surface area contributed by atoms with Crippen LogP contribution >= 0.6 is 11.6 Å². The molecule has 1 aliphatic rings. The number of carbonyl (C=O) groups excluding carboxylic acids is 2. The SMILES string of the molecule is COc1ccc(CNC(=O)c2ccc3c(c2)C(=O)/C(=C/c2cccc(Cl)c2)S(=O)N3C)cc1. The molecule has 1 heterocycles. The van der Waals surface area contributed by atoms with Gasteiger partial charge in [-0.1, -0.05) is 35.9 Å². The van der Waals surface area contributed by atoms with Crippen LogP contribution in [-0.4, -0.2) is 30.1 Å². The van der Waals surface area contributed by atoms with Crippen LogP contribution in [0.15, 0.2) is 71.6 Å². The number of hydrogen-bond acceptors (Lipinski definition) is 4. The van der Waals surface area contributed by atoms with E-state index in [-0.39, 0.29) is 16.6 Å². The molecule has 0 aromatic heterocycles. The summed E-state index contributed by atoms with van der Waals surface area (Å²) in [5.74, 6) is 0.0452. The van der Waals surface area contributed by atoms with Crippen LogP contribution < -0.4 is 14.4 Å². The zero-order chi connectivity index (χ0) is 23.5. The van der Waals surface area contributed by atoms with Gasteiger partial charge in [-0.2, -0.15) is 0 Å². The number of halogens is 1. The average molecular weight is 481 g/mol. The van der Waals surface area contributed by atoms with Crippen molar-refractivity contribution in [1.82, 2.24) is 5.32 Å². The Labute approximate surface area is 199 Å². The van der Waals surface area contributed by atoms with Gasteiger partial charge >= 0.3 is 0 Å². The van der Waals surface area contributed by atoms with Crippen molar-refractivity contribution in [2.45, 2.75) is 6.54 Å². The molecule has 8 heteroatoms. The summed E-state index contributed by atoms with van der Waals surface area (Å²) in [6, 6.07) is 19.1. The molecule has 3 aromatic rings. The molecule has 1 aliphatic heterocycles. The molecular formula is C25H21ClN2O4S. The molecule has 1 N–H and O–H groups in total. The van der Waals surface area contributed by atoms with Crippen LogP contribution in [0.1, 0.15) is 31.8 Å². The van der Waals surface area contributed by atoms with Crippen LogP contribution in [0.5, 0.6) is 5.75 Å². The van der Waals surface area contributed by atoms with Gasteiger partial charge in [0.25, 0.3) is 5.91 Å². The normalized spacial score (nSPS) is 16.5. The molecule has 3 aromatic carbocycles.